The first-order chi connectivity index (χ1) is 12.5. The number of alkyl halides is 1. The number of carbonyl (C=O) groups excluding carboxylic acids is 1. The van der Waals surface area contributed by atoms with E-state index in [-0.39, 0.29) is 6.54 Å². The van der Waals surface area contributed by atoms with Crippen LogP contribution in [0, 0.1) is 11.8 Å². The number of carbonyl (C=O) groups is 1. The molecule has 1 unspecified atom stereocenters. The number of hydrogen-bond donors (Lipinski definition) is 3. The van der Waals surface area contributed by atoms with Gasteiger partial charge in [-0.1, -0.05) is 43.2 Å². The topological polar surface area (TPSA) is 69.6 Å². The van der Waals surface area contributed by atoms with Crippen molar-refractivity contribution in [1.82, 2.24) is 5.32 Å². The molecule has 0 bridgehead atoms. The number of benzene rings is 1. The van der Waals surface area contributed by atoms with Gasteiger partial charge in [0.15, 0.2) is 6.67 Å². The molecular formula is C21H28FNO3. The molecule has 1 atom stereocenters. The monoisotopic (exact) mass is 361 g/mol. The van der Waals surface area contributed by atoms with Gasteiger partial charge in [-0.25, -0.2) is 4.39 Å². The molecule has 1 aliphatic carbocycles. The summed E-state index contributed by atoms with van der Waals surface area (Å²) >= 11 is 0. The van der Waals surface area contributed by atoms with Crippen molar-refractivity contribution in [2.75, 3.05) is 13.2 Å². The van der Waals surface area contributed by atoms with Gasteiger partial charge in [-0.15, -0.1) is 0 Å². The fraction of sp³-hybridized carbons (Fsp3) is 0.571. The van der Waals surface area contributed by atoms with Crippen molar-refractivity contribution in [3.63, 3.8) is 0 Å². The second-order valence-corrected chi connectivity index (χ2v) is 6.96. The summed E-state index contributed by atoms with van der Waals surface area (Å²) in [5, 5.41) is 23.3. The zero-order chi connectivity index (χ0) is 18.8. The average molecular weight is 361 g/mol. The molecule has 26 heavy (non-hydrogen) atoms. The molecule has 0 radical (unpaired) electrons. The molecular weight excluding hydrogens is 333 g/mol. The van der Waals surface area contributed by atoms with Gasteiger partial charge in [0.2, 0.25) is 0 Å². The molecule has 1 fully saturated rings. The second kappa shape index (κ2) is 10.3. The number of aliphatic hydroxyl groups excluding tert-OH is 1. The van der Waals surface area contributed by atoms with Gasteiger partial charge in [-0.3, -0.25) is 4.79 Å². The summed E-state index contributed by atoms with van der Waals surface area (Å²) < 4.78 is 12.1. The molecule has 3 N–H and O–H groups in total. The first-order valence-corrected chi connectivity index (χ1v) is 9.39. The summed E-state index contributed by atoms with van der Waals surface area (Å²) in [4.78, 5) is 10.9. The summed E-state index contributed by atoms with van der Waals surface area (Å²) in [7, 11) is 0. The number of amides is 1. The molecule has 1 aromatic rings. The van der Waals surface area contributed by atoms with Gasteiger partial charge < -0.3 is 15.5 Å². The molecule has 0 spiro atoms. The average Bonchev–Trinajstić information content (AvgIpc) is 2.63. The van der Waals surface area contributed by atoms with Gasteiger partial charge in [0.05, 0.1) is 6.10 Å². The van der Waals surface area contributed by atoms with E-state index >= 15 is 0 Å². The quantitative estimate of drug-likeness (QED) is 0.706. The largest absolute Gasteiger partial charge is 0.388 e. The zero-order valence-electron chi connectivity index (χ0n) is 15.1. The predicted octanol–water partition coefficient (Wildman–Crippen LogP) is 3.02. The molecule has 1 saturated carbocycles. The molecule has 0 aromatic heterocycles. The Morgan fingerprint density at radius 3 is 2.62 bits per heavy atom. The van der Waals surface area contributed by atoms with E-state index in [2.05, 4.69) is 17.2 Å². The first kappa shape index (κ1) is 20.4. The molecule has 142 valence electrons. The van der Waals surface area contributed by atoms with Crippen LogP contribution in [0.25, 0.3) is 0 Å². The van der Waals surface area contributed by atoms with Crippen LogP contribution < -0.4 is 5.32 Å². The maximum Gasteiger partial charge on any atom is 0.251 e. The Morgan fingerprint density at radius 2 is 1.92 bits per heavy atom. The third-order valence-electron chi connectivity index (χ3n) is 4.75. The highest BCUT2D eigenvalue weighted by Gasteiger charge is 2.24. The van der Waals surface area contributed by atoms with Crippen molar-refractivity contribution in [2.24, 2.45) is 0 Å². The highest BCUT2D eigenvalue weighted by Crippen LogP contribution is 2.26. The van der Waals surface area contributed by atoms with Crippen LogP contribution in [0.5, 0.6) is 0 Å². The van der Waals surface area contributed by atoms with Crippen LogP contribution in [0.3, 0.4) is 0 Å². The lowest BCUT2D eigenvalue weighted by Gasteiger charge is -2.24. The van der Waals surface area contributed by atoms with E-state index < -0.39 is 24.3 Å². The van der Waals surface area contributed by atoms with Gasteiger partial charge in [0.25, 0.3) is 5.91 Å². The zero-order valence-corrected chi connectivity index (χ0v) is 15.1. The summed E-state index contributed by atoms with van der Waals surface area (Å²) in [6.07, 6.45) is 6.45. The fourth-order valence-corrected chi connectivity index (χ4v) is 3.19. The molecule has 2 rings (SSSR count). The Bertz CT molecular complexity index is 642. The molecule has 1 aliphatic rings. The summed E-state index contributed by atoms with van der Waals surface area (Å²) in [6, 6.07) is 7.24. The van der Waals surface area contributed by atoms with Crippen molar-refractivity contribution in [1.29, 1.82) is 0 Å². The van der Waals surface area contributed by atoms with Crippen molar-refractivity contribution in [3.8, 4) is 11.8 Å². The van der Waals surface area contributed by atoms with Crippen LogP contribution in [-0.2, 0) is 4.79 Å². The van der Waals surface area contributed by atoms with Crippen LogP contribution in [-0.4, -0.2) is 34.9 Å². The summed E-state index contributed by atoms with van der Waals surface area (Å²) in [6.45, 7) is -0.844. The van der Waals surface area contributed by atoms with Gasteiger partial charge in [-0.05, 0) is 49.8 Å². The Hall–Kier alpha value is -1.90. The Morgan fingerprint density at radius 1 is 1.23 bits per heavy atom. The Labute approximate surface area is 154 Å². The van der Waals surface area contributed by atoms with Crippen LogP contribution in [0.4, 0.5) is 4.39 Å². The van der Waals surface area contributed by atoms with E-state index in [4.69, 9.17) is 0 Å². The Balaban J connectivity index is 1.99. The van der Waals surface area contributed by atoms with E-state index in [9.17, 15) is 19.4 Å². The van der Waals surface area contributed by atoms with Crippen molar-refractivity contribution < 1.29 is 19.4 Å². The number of nitrogens with one attached hydrogen (secondary N) is 1. The molecule has 0 aliphatic heterocycles. The minimum absolute atomic E-state index is 0.208. The standard InChI is InChI=1S/C21H28FNO3/c22-16-20(25)23-14-10-19(24)18-8-6-7-17(15-18)9-13-21(26)11-4-2-1-3-5-12-21/h6-8,15,19,24,26H,1-5,10-12,14,16H2,(H,23,25). The molecule has 0 saturated heterocycles. The highest BCUT2D eigenvalue weighted by atomic mass is 19.1. The van der Waals surface area contributed by atoms with E-state index in [1.165, 1.54) is 6.42 Å². The maximum atomic E-state index is 12.1. The van der Waals surface area contributed by atoms with Crippen LogP contribution in [0.15, 0.2) is 24.3 Å². The smallest absolute Gasteiger partial charge is 0.251 e. The molecule has 1 aromatic carbocycles. The molecule has 5 heteroatoms. The normalized spacial score (nSPS) is 18.0. The minimum atomic E-state index is -1.05. The van der Waals surface area contributed by atoms with Gasteiger partial charge in [0.1, 0.15) is 5.60 Å². The van der Waals surface area contributed by atoms with Gasteiger partial charge >= 0.3 is 0 Å². The van der Waals surface area contributed by atoms with Crippen molar-refractivity contribution in [2.45, 2.75) is 63.1 Å². The van der Waals surface area contributed by atoms with Crippen LogP contribution in [0.2, 0.25) is 0 Å². The Kier molecular flexibility index (Phi) is 8.08. The molecule has 4 nitrogen and oxygen atoms in total. The number of hydrogen-bond acceptors (Lipinski definition) is 3. The number of rotatable bonds is 5. The summed E-state index contributed by atoms with van der Waals surface area (Å²) in [5.74, 6) is 5.41. The first-order valence-electron chi connectivity index (χ1n) is 9.39. The van der Waals surface area contributed by atoms with E-state index in [1.54, 1.807) is 12.1 Å². The van der Waals surface area contributed by atoms with Crippen molar-refractivity contribution >= 4 is 5.91 Å². The number of aliphatic hydroxyl groups is 2. The lowest BCUT2D eigenvalue weighted by atomic mass is 9.87. The third kappa shape index (κ3) is 6.78. The van der Waals surface area contributed by atoms with E-state index in [0.29, 0.717) is 24.8 Å². The lowest BCUT2D eigenvalue weighted by molar-refractivity contribution is -0.122. The van der Waals surface area contributed by atoms with Crippen LogP contribution >= 0.6 is 0 Å². The van der Waals surface area contributed by atoms with E-state index in [0.717, 1.165) is 31.2 Å². The predicted molar refractivity (Wildman–Crippen MR) is 99.2 cm³/mol. The van der Waals surface area contributed by atoms with E-state index in [1.807, 2.05) is 12.1 Å². The SMILES string of the molecule is O=C(CF)NCCC(O)c1cccc(C#CC2(O)CCCCCCC2)c1. The maximum absolute atomic E-state index is 12.1. The third-order valence-corrected chi connectivity index (χ3v) is 4.75. The fourth-order valence-electron chi connectivity index (χ4n) is 3.19. The van der Waals surface area contributed by atoms with Gasteiger partial charge in [0, 0.05) is 12.1 Å². The minimum Gasteiger partial charge on any atom is -0.388 e. The molecule has 1 amide bonds. The van der Waals surface area contributed by atoms with Gasteiger partial charge in [-0.2, -0.15) is 0 Å². The van der Waals surface area contributed by atoms with Crippen LogP contribution in [0.1, 0.15) is 68.6 Å². The van der Waals surface area contributed by atoms with Crippen molar-refractivity contribution in [3.05, 3.63) is 35.4 Å². The second-order valence-electron chi connectivity index (χ2n) is 6.96. The molecule has 0 heterocycles. The number of halogens is 1. The lowest BCUT2D eigenvalue weighted by Crippen LogP contribution is -2.27. The summed E-state index contributed by atoms with van der Waals surface area (Å²) in [5.41, 5.74) is 0.506. The highest BCUT2D eigenvalue weighted by molar-refractivity contribution is 5.76.